The maximum atomic E-state index is 5.50. The zero-order valence-corrected chi connectivity index (χ0v) is 16.4. The van der Waals surface area contributed by atoms with Gasteiger partial charge in [-0.2, -0.15) is 0 Å². The first-order chi connectivity index (χ1) is 12.0. The molecule has 0 aromatic carbocycles. The topological polar surface area (TPSA) is 47.6 Å². The van der Waals surface area contributed by atoms with Crippen LogP contribution in [-0.4, -0.2) is 18.9 Å². The maximum Gasteiger partial charge on any atom is 0.129 e. The van der Waals surface area contributed by atoms with Gasteiger partial charge in [0, 0.05) is 6.54 Å². The van der Waals surface area contributed by atoms with Gasteiger partial charge < -0.3 is 10.6 Å². The van der Waals surface area contributed by atoms with E-state index >= 15 is 0 Å². The molecule has 0 bridgehead atoms. The number of nitrogens with two attached hydrogens (primary N) is 1. The van der Waals surface area contributed by atoms with Crippen molar-refractivity contribution in [2.75, 3.05) is 13.2 Å². The third kappa shape index (κ3) is 2.69. The standard InChI is InChI=1S/C22H36N2O/c1-15-4-7-19-18-6-5-16-14-17(24-25-13-12-23)8-10-22(16,3)20(18)9-11-21(15,19)2/h14-15,18-20H,4-13,23H2,1-3H3/t15-,18?,19?,20?,21+,22-/m0/s1. The molecular formula is C22H36N2O. The first kappa shape index (κ1) is 17.6. The summed E-state index contributed by atoms with van der Waals surface area (Å²) in [5.41, 5.74) is 9.32. The Kier molecular flexibility index (Phi) is 4.50. The van der Waals surface area contributed by atoms with Crippen molar-refractivity contribution in [3.8, 4) is 0 Å². The van der Waals surface area contributed by atoms with Crippen LogP contribution in [0.15, 0.2) is 16.8 Å². The molecule has 0 aromatic rings. The highest BCUT2D eigenvalue weighted by Gasteiger charge is 2.57. The summed E-state index contributed by atoms with van der Waals surface area (Å²) in [7, 11) is 0. The van der Waals surface area contributed by atoms with Crippen molar-refractivity contribution >= 4 is 5.71 Å². The van der Waals surface area contributed by atoms with Gasteiger partial charge in [0.05, 0.1) is 5.71 Å². The van der Waals surface area contributed by atoms with Gasteiger partial charge in [-0.25, -0.2) is 0 Å². The summed E-state index contributed by atoms with van der Waals surface area (Å²) in [5.74, 6) is 3.75. The molecule has 3 nitrogen and oxygen atoms in total. The minimum absolute atomic E-state index is 0.406. The van der Waals surface area contributed by atoms with E-state index < -0.39 is 0 Å². The lowest BCUT2D eigenvalue weighted by Gasteiger charge is -2.58. The molecule has 0 spiro atoms. The number of hydrogen-bond acceptors (Lipinski definition) is 3. The average molecular weight is 345 g/mol. The van der Waals surface area contributed by atoms with E-state index in [-0.39, 0.29) is 0 Å². The van der Waals surface area contributed by atoms with Crippen LogP contribution in [0.25, 0.3) is 0 Å². The fraction of sp³-hybridized carbons (Fsp3) is 0.864. The Labute approximate surface area is 153 Å². The van der Waals surface area contributed by atoms with Crippen LogP contribution in [0.4, 0.5) is 0 Å². The number of rotatable bonds is 3. The molecule has 0 aliphatic heterocycles. The van der Waals surface area contributed by atoms with E-state index in [1.54, 1.807) is 5.57 Å². The molecule has 0 heterocycles. The van der Waals surface area contributed by atoms with Crippen molar-refractivity contribution < 1.29 is 4.84 Å². The Morgan fingerprint density at radius 3 is 2.76 bits per heavy atom. The van der Waals surface area contributed by atoms with Crippen molar-refractivity contribution in [3.05, 3.63) is 11.6 Å². The van der Waals surface area contributed by atoms with E-state index in [1.165, 1.54) is 44.9 Å². The summed E-state index contributed by atoms with van der Waals surface area (Å²) in [6.07, 6.45) is 13.2. The fourth-order valence-corrected chi connectivity index (χ4v) is 7.09. The van der Waals surface area contributed by atoms with E-state index in [0.29, 0.717) is 24.0 Å². The molecule has 6 atom stereocenters. The molecule has 4 rings (SSSR count). The lowest BCUT2D eigenvalue weighted by atomic mass is 9.47. The molecule has 4 aliphatic rings. The number of nitrogens with zero attached hydrogens (tertiary/aromatic N) is 1. The summed E-state index contributed by atoms with van der Waals surface area (Å²) >= 11 is 0. The molecule has 0 amide bonds. The highest BCUT2D eigenvalue weighted by atomic mass is 16.6. The summed E-state index contributed by atoms with van der Waals surface area (Å²) < 4.78 is 0. The molecule has 3 fully saturated rings. The van der Waals surface area contributed by atoms with Gasteiger partial charge in [0.2, 0.25) is 0 Å². The van der Waals surface area contributed by atoms with Crippen LogP contribution < -0.4 is 5.73 Å². The van der Waals surface area contributed by atoms with E-state index in [1.807, 2.05) is 0 Å². The van der Waals surface area contributed by atoms with Crippen LogP contribution in [0.5, 0.6) is 0 Å². The SMILES string of the molecule is C[C@H]1CCC2C3CCC4=CC(=NOCCN)CC[C@]4(C)C3CC[C@@]21C. The lowest BCUT2D eigenvalue weighted by molar-refractivity contribution is -0.0465. The second-order valence-corrected chi connectivity index (χ2v) is 9.73. The van der Waals surface area contributed by atoms with E-state index in [4.69, 9.17) is 10.6 Å². The van der Waals surface area contributed by atoms with Crippen LogP contribution in [0, 0.1) is 34.5 Å². The molecule has 0 saturated heterocycles. The zero-order chi connectivity index (χ0) is 17.7. The molecule has 25 heavy (non-hydrogen) atoms. The van der Waals surface area contributed by atoms with Crippen molar-refractivity contribution in [1.29, 1.82) is 0 Å². The largest absolute Gasteiger partial charge is 0.394 e. The quantitative estimate of drug-likeness (QED) is 0.584. The molecule has 140 valence electrons. The van der Waals surface area contributed by atoms with Gasteiger partial charge in [-0.15, -0.1) is 0 Å². The Bertz CT molecular complexity index is 583. The fourth-order valence-electron chi connectivity index (χ4n) is 7.09. The van der Waals surface area contributed by atoms with Gasteiger partial charge in [-0.3, -0.25) is 0 Å². The Morgan fingerprint density at radius 2 is 1.96 bits per heavy atom. The van der Waals surface area contributed by atoms with Crippen molar-refractivity contribution in [2.45, 2.75) is 72.1 Å². The minimum Gasteiger partial charge on any atom is -0.394 e. The molecule has 2 N–H and O–H groups in total. The first-order valence-electron chi connectivity index (χ1n) is 10.6. The Hall–Kier alpha value is -0.830. The second kappa shape index (κ2) is 6.40. The average Bonchev–Trinajstić information content (AvgIpc) is 2.90. The third-order valence-electron chi connectivity index (χ3n) is 8.84. The van der Waals surface area contributed by atoms with Crippen LogP contribution >= 0.6 is 0 Å². The molecular weight excluding hydrogens is 308 g/mol. The van der Waals surface area contributed by atoms with E-state index in [9.17, 15) is 0 Å². The summed E-state index contributed by atoms with van der Waals surface area (Å²) in [4.78, 5) is 5.34. The van der Waals surface area contributed by atoms with Crippen LogP contribution in [0.3, 0.4) is 0 Å². The predicted molar refractivity (Wildman–Crippen MR) is 103 cm³/mol. The smallest absolute Gasteiger partial charge is 0.129 e. The van der Waals surface area contributed by atoms with Crippen molar-refractivity contribution in [2.24, 2.45) is 45.4 Å². The molecule has 3 heteroatoms. The van der Waals surface area contributed by atoms with Crippen LogP contribution in [0.1, 0.15) is 72.1 Å². The van der Waals surface area contributed by atoms with Gasteiger partial charge in [-0.05, 0) is 91.9 Å². The Balaban J connectivity index is 1.57. The highest BCUT2D eigenvalue weighted by molar-refractivity contribution is 5.96. The Morgan fingerprint density at radius 1 is 1.12 bits per heavy atom. The van der Waals surface area contributed by atoms with Gasteiger partial charge >= 0.3 is 0 Å². The van der Waals surface area contributed by atoms with E-state index in [0.717, 1.165) is 35.8 Å². The van der Waals surface area contributed by atoms with Crippen molar-refractivity contribution in [1.82, 2.24) is 0 Å². The van der Waals surface area contributed by atoms with Gasteiger partial charge in [0.1, 0.15) is 6.61 Å². The number of allylic oxidation sites excluding steroid dienone is 2. The normalized spacial score (nSPS) is 47.7. The lowest BCUT2D eigenvalue weighted by Crippen LogP contribution is -2.50. The van der Waals surface area contributed by atoms with Gasteiger partial charge in [-0.1, -0.05) is 31.5 Å². The van der Waals surface area contributed by atoms with E-state index in [2.05, 4.69) is 32.0 Å². The summed E-state index contributed by atoms with van der Waals surface area (Å²) in [5, 5.41) is 4.33. The van der Waals surface area contributed by atoms with Crippen LogP contribution in [-0.2, 0) is 4.84 Å². The number of fused-ring (bicyclic) bond motifs is 5. The summed E-state index contributed by atoms with van der Waals surface area (Å²) in [6.45, 7) is 8.75. The van der Waals surface area contributed by atoms with Crippen molar-refractivity contribution in [3.63, 3.8) is 0 Å². The second-order valence-electron chi connectivity index (χ2n) is 9.73. The summed E-state index contributed by atoms with van der Waals surface area (Å²) in [6, 6.07) is 0. The molecule has 3 unspecified atom stereocenters. The highest BCUT2D eigenvalue weighted by Crippen LogP contribution is 2.66. The number of hydrogen-bond donors (Lipinski definition) is 1. The van der Waals surface area contributed by atoms with Gasteiger partial charge in [0.25, 0.3) is 0 Å². The zero-order valence-electron chi connectivity index (χ0n) is 16.4. The molecule has 4 aliphatic carbocycles. The minimum atomic E-state index is 0.406. The third-order valence-corrected chi connectivity index (χ3v) is 8.84. The molecule has 0 aromatic heterocycles. The molecule has 0 radical (unpaired) electrons. The predicted octanol–water partition coefficient (Wildman–Crippen LogP) is 4.92. The molecule has 3 saturated carbocycles. The monoisotopic (exact) mass is 344 g/mol. The van der Waals surface area contributed by atoms with Crippen LogP contribution in [0.2, 0.25) is 0 Å². The number of oxime groups is 1. The first-order valence-corrected chi connectivity index (χ1v) is 10.6. The maximum absolute atomic E-state index is 5.50. The van der Waals surface area contributed by atoms with Gasteiger partial charge in [0.15, 0.2) is 0 Å².